The molecule has 0 amide bonds. The Hall–Kier alpha value is -3.59. The molecule has 5 heterocycles. The number of anilines is 1. The zero-order chi connectivity index (χ0) is 22.9. The fraction of sp³-hybridized carbons (Fsp3) is 0.333. The van der Waals surface area contributed by atoms with E-state index in [-0.39, 0.29) is 11.9 Å². The topological polar surface area (TPSA) is 88.7 Å². The molecule has 1 N–H and O–H groups in total. The van der Waals surface area contributed by atoms with Gasteiger partial charge in [0.15, 0.2) is 5.65 Å². The summed E-state index contributed by atoms with van der Waals surface area (Å²) in [6.07, 6.45) is 6.56. The first kappa shape index (κ1) is 21.3. The van der Waals surface area contributed by atoms with E-state index < -0.39 is 6.10 Å². The molecule has 0 unspecified atom stereocenters. The van der Waals surface area contributed by atoms with E-state index in [2.05, 4.69) is 19.9 Å². The second-order valence-electron chi connectivity index (χ2n) is 8.31. The van der Waals surface area contributed by atoms with Crippen LogP contribution in [0.3, 0.4) is 0 Å². The minimum atomic E-state index is -0.437. The molecule has 2 atom stereocenters. The number of ether oxygens (including phenoxy) is 1. The molecule has 5 rings (SSSR count). The summed E-state index contributed by atoms with van der Waals surface area (Å²) in [5, 5.41) is 14.6. The van der Waals surface area contributed by atoms with Gasteiger partial charge in [0.1, 0.15) is 17.3 Å². The van der Waals surface area contributed by atoms with Crippen molar-refractivity contribution in [3.05, 3.63) is 65.9 Å². The Bertz CT molecular complexity index is 1290. The molecule has 0 spiro atoms. The summed E-state index contributed by atoms with van der Waals surface area (Å²) in [6, 6.07) is 9.10. The van der Waals surface area contributed by atoms with Crippen molar-refractivity contribution in [3.8, 4) is 17.3 Å². The predicted octanol–water partition coefficient (Wildman–Crippen LogP) is 3.60. The van der Waals surface area contributed by atoms with Crippen molar-refractivity contribution in [3.63, 3.8) is 0 Å². The lowest BCUT2D eigenvalue weighted by atomic mass is 10.1. The third-order valence-electron chi connectivity index (χ3n) is 5.91. The van der Waals surface area contributed by atoms with Crippen LogP contribution in [-0.2, 0) is 6.42 Å². The minimum absolute atomic E-state index is 0.0902. The van der Waals surface area contributed by atoms with Gasteiger partial charge in [-0.3, -0.25) is 4.98 Å². The van der Waals surface area contributed by atoms with Crippen LogP contribution < -0.4 is 9.64 Å². The molecular weight excluding hydrogens is 423 g/mol. The maximum absolute atomic E-state index is 14.0. The van der Waals surface area contributed by atoms with Gasteiger partial charge in [-0.2, -0.15) is 0 Å². The van der Waals surface area contributed by atoms with Crippen LogP contribution in [-0.4, -0.2) is 49.4 Å². The molecule has 4 aromatic rings. The van der Waals surface area contributed by atoms with E-state index in [9.17, 15) is 9.50 Å². The summed E-state index contributed by atoms with van der Waals surface area (Å²) in [7, 11) is 1.55. The summed E-state index contributed by atoms with van der Waals surface area (Å²) in [5.41, 5.74) is 3.91. The van der Waals surface area contributed by atoms with Gasteiger partial charge in [-0.25, -0.2) is 18.9 Å². The molecule has 4 aromatic heterocycles. The fourth-order valence-electron chi connectivity index (χ4n) is 4.49. The second-order valence-corrected chi connectivity index (χ2v) is 8.31. The maximum atomic E-state index is 14.0. The third-order valence-corrected chi connectivity index (χ3v) is 5.91. The number of pyridine rings is 2. The van der Waals surface area contributed by atoms with Crippen LogP contribution in [0, 0.1) is 5.82 Å². The van der Waals surface area contributed by atoms with Crippen LogP contribution in [0.1, 0.15) is 36.9 Å². The summed E-state index contributed by atoms with van der Waals surface area (Å²) in [4.78, 5) is 15.2. The highest BCUT2D eigenvalue weighted by Gasteiger charge is 2.31. The van der Waals surface area contributed by atoms with Gasteiger partial charge in [0, 0.05) is 18.3 Å². The van der Waals surface area contributed by atoms with Crippen LogP contribution in [0.2, 0.25) is 0 Å². The number of rotatable bonds is 6. The summed E-state index contributed by atoms with van der Waals surface area (Å²) in [5.74, 6) is 0.800. The number of fused-ring (bicyclic) bond motifs is 1. The van der Waals surface area contributed by atoms with E-state index in [0.29, 0.717) is 17.9 Å². The molecule has 0 aromatic carbocycles. The Morgan fingerprint density at radius 3 is 2.88 bits per heavy atom. The van der Waals surface area contributed by atoms with Crippen molar-refractivity contribution in [1.82, 2.24) is 24.6 Å². The molecule has 33 heavy (non-hydrogen) atoms. The summed E-state index contributed by atoms with van der Waals surface area (Å²) in [6.45, 7) is 2.55. The highest BCUT2D eigenvalue weighted by atomic mass is 19.1. The van der Waals surface area contributed by atoms with Gasteiger partial charge in [0.2, 0.25) is 5.88 Å². The van der Waals surface area contributed by atoms with Crippen LogP contribution >= 0.6 is 0 Å². The number of aliphatic hydroxyl groups is 1. The van der Waals surface area contributed by atoms with Crippen LogP contribution in [0.25, 0.3) is 17.0 Å². The van der Waals surface area contributed by atoms with Gasteiger partial charge in [-0.05, 0) is 62.1 Å². The first-order valence-corrected chi connectivity index (χ1v) is 11.0. The Morgan fingerprint density at radius 1 is 1.18 bits per heavy atom. The number of methoxy groups -OCH3 is 1. The fourth-order valence-corrected chi connectivity index (χ4v) is 4.49. The molecule has 170 valence electrons. The number of nitrogens with zero attached hydrogens (tertiary/aromatic N) is 6. The number of aliphatic hydroxyl groups excluding tert-OH is 1. The Balaban J connectivity index is 1.53. The van der Waals surface area contributed by atoms with E-state index in [1.807, 2.05) is 24.3 Å². The smallest absolute Gasteiger partial charge is 0.218 e. The lowest BCUT2D eigenvalue weighted by Gasteiger charge is -2.26. The lowest BCUT2D eigenvalue weighted by molar-refractivity contribution is 0.195. The minimum Gasteiger partial charge on any atom is -0.481 e. The van der Waals surface area contributed by atoms with Crippen molar-refractivity contribution in [1.29, 1.82) is 0 Å². The van der Waals surface area contributed by atoms with E-state index in [1.165, 1.54) is 12.3 Å². The van der Waals surface area contributed by atoms with E-state index in [0.717, 1.165) is 47.7 Å². The molecule has 0 radical (unpaired) electrons. The quantitative estimate of drug-likeness (QED) is 0.482. The largest absolute Gasteiger partial charge is 0.481 e. The zero-order valence-corrected chi connectivity index (χ0v) is 18.5. The SMILES string of the molecule is COc1ncc(F)cc1[C@H]1CCCN1c1ccc2ncc(-c3cc(C[C@H](C)O)ccn3)n2n1. The number of halogens is 1. The molecule has 1 fully saturated rings. The van der Waals surface area contributed by atoms with Gasteiger partial charge >= 0.3 is 0 Å². The first-order valence-electron chi connectivity index (χ1n) is 11.0. The monoisotopic (exact) mass is 448 g/mol. The number of hydrogen-bond acceptors (Lipinski definition) is 7. The lowest BCUT2D eigenvalue weighted by Crippen LogP contribution is -2.25. The average Bonchev–Trinajstić information content (AvgIpc) is 3.45. The third kappa shape index (κ3) is 4.11. The van der Waals surface area contributed by atoms with Gasteiger partial charge in [0.05, 0.1) is 37.3 Å². The molecule has 9 heteroatoms. The van der Waals surface area contributed by atoms with Crippen molar-refractivity contribution in [2.45, 2.75) is 38.3 Å². The zero-order valence-electron chi connectivity index (χ0n) is 18.5. The Kier molecular flexibility index (Phi) is 5.63. The highest BCUT2D eigenvalue weighted by molar-refractivity contribution is 5.61. The molecule has 1 aliphatic rings. The van der Waals surface area contributed by atoms with Gasteiger partial charge in [-0.1, -0.05) is 0 Å². The molecule has 1 saturated heterocycles. The van der Waals surface area contributed by atoms with Gasteiger partial charge in [0.25, 0.3) is 0 Å². The predicted molar refractivity (Wildman–Crippen MR) is 122 cm³/mol. The maximum Gasteiger partial charge on any atom is 0.218 e. The number of imidazole rings is 1. The average molecular weight is 449 g/mol. The Morgan fingerprint density at radius 2 is 2.06 bits per heavy atom. The standard InChI is InChI=1S/C24H25FN6O2/c1-15(32)10-16-7-8-26-19(11-16)21-14-27-22-5-6-23(29-31(21)22)30-9-3-4-20(30)18-12-17(25)13-28-24(18)33-2/h5-8,11-15,20,32H,3-4,9-10H2,1-2H3/t15-,20+/m0/s1. The van der Waals surface area contributed by atoms with Gasteiger partial charge < -0.3 is 14.7 Å². The highest BCUT2D eigenvalue weighted by Crippen LogP contribution is 2.39. The first-order chi connectivity index (χ1) is 16.0. The van der Waals surface area contributed by atoms with E-state index >= 15 is 0 Å². The summed E-state index contributed by atoms with van der Waals surface area (Å²) < 4.78 is 21.2. The molecule has 0 bridgehead atoms. The molecule has 1 aliphatic heterocycles. The second kappa shape index (κ2) is 8.74. The van der Waals surface area contributed by atoms with Crippen molar-refractivity contribution < 1.29 is 14.2 Å². The normalized spacial score (nSPS) is 17.0. The molecule has 8 nitrogen and oxygen atoms in total. The molecule has 0 saturated carbocycles. The van der Waals surface area contributed by atoms with Crippen LogP contribution in [0.4, 0.5) is 10.2 Å². The van der Waals surface area contributed by atoms with Crippen LogP contribution in [0.15, 0.2) is 48.9 Å². The van der Waals surface area contributed by atoms with Crippen LogP contribution in [0.5, 0.6) is 5.88 Å². The van der Waals surface area contributed by atoms with E-state index in [4.69, 9.17) is 9.84 Å². The number of hydrogen-bond donors (Lipinski definition) is 1. The van der Waals surface area contributed by atoms with Crippen molar-refractivity contribution in [2.75, 3.05) is 18.6 Å². The van der Waals surface area contributed by atoms with Gasteiger partial charge in [-0.15, -0.1) is 5.10 Å². The molecule has 0 aliphatic carbocycles. The molecular formula is C24H25FN6O2. The van der Waals surface area contributed by atoms with Crippen molar-refractivity contribution in [2.24, 2.45) is 0 Å². The summed E-state index contributed by atoms with van der Waals surface area (Å²) >= 11 is 0. The Labute approximate surface area is 190 Å². The number of aromatic nitrogens is 5. The van der Waals surface area contributed by atoms with Crippen molar-refractivity contribution >= 4 is 11.5 Å². The van der Waals surface area contributed by atoms with E-state index in [1.54, 1.807) is 30.9 Å².